The Hall–Kier alpha value is -0.810. The highest BCUT2D eigenvalue weighted by molar-refractivity contribution is 9.10. The van der Waals surface area contributed by atoms with Crippen molar-refractivity contribution in [2.45, 2.75) is 38.3 Å². The maximum absolute atomic E-state index is 12.2. The van der Waals surface area contributed by atoms with Gasteiger partial charge >= 0.3 is 0 Å². The van der Waals surface area contributed by atoms with E-state index in [4.69, 9.17) is 10.2 Å². The van der Waals surface area contributed by atoms with Crippen LogP contribution in [0.2, 0.25) is 0 Å². The van der Waals surface area contributed by atoms with Gasteiger partial charge < -0.3 is 15.1 Å². The summed E-state index contributed by atoms with van der Waals surface area (Å²) in [5, 5.41) is 0. The molecule has 0 spiro atoms. The largest absolute Gasteiger partial charge is 0.452 e. The second-order valence-electron chi connectivity index (χ2n) is 5.01. The number of furan rings is 1. The molecule has 0 unspecified atom stereocenters. The number of carbonyl (C=O) groups excluding carboxylic acids is 1. The highest BCUT2D eigenvalue weighted by Crippen LogP contribution is 2.25. The molecule has 1 amide bonds. The van der Waals surface area contributed by atoms with Crippen LogP contribution < -0.4 is 5.73 Å². The second kappa shape index (κ2) is 5.89. The van der Waals surface area contributed by atoms with E-state index in [0.29, 0.717) is 11.2 Å². The lowest BCUT2D eigenvalue weighted by molar-refractivity contribution is -0.136. The molecule has 1 heterocycles. The summed E-state index contributed by atoms with van der Waals surface area (Å²) >= 11 is 3.26. The van der Waals surface area contributed by atoms with E-state index in [1.54, 1.807) is 4.90 Å². The van der Waals surface area contributed by atoms with E-state index >= 15 is 0 Å². The molecule has 1 aromatic heterocycles. The molecule has 0 aliphatic heterocycles. The Balaban J connectivity index is 1.88. The van der Waals surface area contributed by atoms with Crippen LogP contribution in [0.5, 0.6) is 0 Å². The average Bonchev–Trinajstić information content (AvgIpc) is 2.75. The Labute approximate surface area is 116 Å². The van der Waals surface area contributed by atoms with Crippen LogP contribution in [-0.2, 0) is 11.3 Å². The van der Waals surface area contributed by atoms with Gasteiger partial charge in [0.05, 0.1) is 6.54 Å². The summed E-state index contributed by atoms with van der Waals surface area (Å²) in [4.78, 5) is 14.0. The van der Waals surface area contributed by atoms with E-state index in [2.05, 4.69) is 15.9 Å². The molecular weight excluding hydrogens is 296 g/mol. The molecular formula is C13H19BrN2O2. The molecule has 5 heteroatoms. The van der Waals surface area contributed by atoms with Crippen LogP contribution in [0, 0.1) is 5.92 Å². The average molecular weight is 315 g/mol. The standard InChI is InChI=1S/C13H19BrN2O2/c1-16(8-11-6-7-12(14)18-11)13(17)9-2-4-10(15)5-3-9/h6-7,9-10H,2-5,8,15H2,1H3. The molecule has 0 aromatic carbocycles. The fourth-order valence-electron chi connectivity index (χ4n) is 2.43. The van der Waals surface area contributed by atoms with E-state index in [1.165, 1.54) is 0 Å². The van der Waals surface area contributed by atoms with Crippen molar-refractivity contribution in [3.8, 4) is 0 Å². The van der Waals surface area contributed by atoms with Gasteiger partial charge in [0, 0.05) is 19.0 Å². The summed E-state index contributed by atoms with van der Waals surface area (Å²) in [7, 11) is 1.83. The fraction of sp³-hybridized carbons (Fsp3) is 0.615. The first-order valence-corrected chi connectivity index (χ1v) is 7.10. The second-order valence-corrected chi connectivity index (χ2v) is 5.79. The molecule has 0 atom stereocenters. The van der Waals surface area contributed by atoms with Gasteiger partial charge in [-0.3, -0.25) is 4.79 Å². The Kier molecular flexibility index (Phi) is 4.45. The number of nitrogens with two attached hydrogens (primary N) is 1. The maximum Gasteiger partial charge on any atom is 0.225 e. The molecule has 0 radical (unpaired) electrons. The Morgan fingerprint density at radius 3 is 2.67 bits per heavy atom. The van der Waals surface area contributed by atoms with Gasteiger partial charge in [0.2, 0.25) is 5.91 Å². The van der Waals surface area contributed by atoms with Crippen molar-refractivity contribution < 1.29 is 9.21 Å². The van der Waals surface area contributed by atoms with Crippen LogP contribution in [0.3, 0.4) is 0 Å². The molecule has 0 saturated heterocycles. The van der Waals surface area contributed by atoms with Crippen LogP contribution in [-0.4, -0.2) is 23.9 Å². The minimum Gasteiger partial charge on any atom is -0.452 e. The SMILES string of the molecule is CN(Cc1ccc(Br)o1)C(=O)C1CCC(N)CC1. The van der Waals surface area contributed by atoms with Gasteiger partial charge in [-0.05, 0) is 53.7 Å². The zero-order valence-corrected chi connectivity index (χ0v) is 12.1. The van der Waals surface area contributed by atoms with Crippen molar-refractivity contribution in [3.63, 3.8) is 0 Å². The number of rotatable bonds is 3. The Morgan fingerprint density at radius 1 is 1.44 bits per heavy atom. The van der Waals surface area contributed by atoms with Crippen LogP contribution in [0.25, 0.3) is 0 Å². The number of carbonyl (C=O) groups is 1. The molecule has 100 valence electrons. The van der Waals surface area contributed by atoms with E-state index < -0.39 is 0 Å². The first-order valence-electron chi connectivity index (χ1n) is 6.31. The molecule has 2 rings (SSSR count). The van der Waals surface area contributed by atoms with E-state index in [-0.39, 0.29) is 17.9 Å². The summed E-state index contributed by atoms with van der Waals surface area (Å²) in [5.74, 6) is 1.13. The Morgan fingerprint density at radius 2 is 2.11 bits per heavy atom. The third-order valence-corrected chi connectivity index (χ3v) is 3.95. The van der Waals surface area contributed by atoms with Gasteiger partial charge in [-0.15, -0.1) is 0 Å². The lowest BCUT2D eigenvalue weighted by atomic mass is 9.85. The predicted molar refractivity (Wildman–Crippen MR) is 72.8 cm³/mol. The molecule has 4 nitrogen and oxygen atoms in total. The van der Waals surface area contributed by atoms with Gasteiger partial charge in [0.15, 0.2) is 4.67 Å². The maximum atomic E-state index is 12.2. The van der Waals surface area contributed by atoms with E-state index in [1.807, 2.05) is 19.2 Å². The first kappa shape index (κ1) is 13.6. The minimum absolute atomic E-state index is 0.133. The van der Waals surface area contributed by atoms with Crippen LogP contribution >= 0.6 is 15.9 Å². The van der Waals surface area contributed by atoms with Crippen LogP contribution in [0.1, 0.15) is 31.4 Å². The number of halogens is 1. The third kappa shape index (κ3) is 3.36. The first-order chi connectivity index (χ1) is 8.56. The van der Waals surface area contributed by atoms with Gasteiger partial charge in [-0.1, -0.05) is 0 Å². The van der Waals surface area contributed by atoms with Crippen molar-refractivity contribution in [1.29, 1.82) is 0 Å². The molecule has 2 N–H and O–H groups in total. The molecule has 0 bridgehead atoms. The third-order valence-electron chi connectivity index (χ3n) is 3.52. The number of nitrogens with zero attached hydrogens (tertiary/aromatic N) is 1. The number of amides is 1. The van der Waals surface area contributed by atoms with Crippen molar-refractivity contribution in [1.82, 2.24) is 4.90 Å². The van der Waals surface area contributed by atoms with Gasteiger partial charge in [-0.2, -0.15) is 0 Å². The van der Waals surface area contributed by atoms with Gasteiger partial charge in [0.25, 0.3) is 0 Å². The Bertz CT molecular complexity index is 411. The summed E-state index contributed by atoms with van der Waals surface area (Å²) in [6.07, 6.45) is 3.73. The summed E-state index contributed by atoms with van der Waals surface area (Å²) in [6, 6.07) is 4.00. The monoisotopic (exact) mass is 314 g/mol. The highest BCUT2D eigenvalue weighted by Gasteiger charge is 2.27. The molecule has 1 aromatic rings. The van der Waals surface area contributed by atoms with E-state index in [0.717, 1.165) is 31.4 Å². The molecule has 18 heavy (non-hydrogen) atoms. The lowest BCUT2D eigenvalue weighted by Crippen LogP contribution is -2.37. The zero-order chi connectivity index (χ0) is 13.1. The quantitative estimate of drug-likeness (QED) is 0.932. The van der Waals surface area contributed by atoms with Crippen molar-refractivity contribution in [2.75, 3.05) is 7.05 Å². The van der Waals surface area contributed by atoms with Gasteiger partial charge in [-0.25, -0.2) is 0 Å². The summed E-state index contributed by atoms with van der Waals surface area (Å²) < 4.78 is 6.11. The molecule has 1 aliphatic rings. The minimum atomic E-state index is 0.133. The van der Waals surface area contributed by atoms with Crippen molar-refractivity contribution in [2.24, 2.45) is 11.7 Å². The molecule has 1 saturated carbocycles. The number of hydrogen-bond acceptors (Lipinski definition) is 3. The lowest BCUT2D eigenvalue weighted by Gasteiger charge is -2.28. The summed E-state index contributed by atoms with van der Waals surface area (Å²) in [5.41, 5.74) is 5.85. The normalized spacial score (nSPS) is 23.9. The summed E-state index contributed by atoms with van der Waals surface area (Å²) in [6.45, 7) is 0.521. The zero-order valence-electron chi connectivity index (χ0n) is 10.6. The van der Waals surface area contributed by atoms with Crippen LogP contribution in [0.15, 0.2) is 21.2 Å². The highest BCUT2D eigenvalue weighted by atomic mass is 79.9. The predicted octanol–water partition coefficient (Wildman–Crippen LogP) is 2.52. The van der Waals surface area contributed by atoms with Gasteiger partial charge in [0.1, 0.15) is 5.76 Å². The van der Waals surface area contributed by atoms with Crippen molar-refractivity contribution in [3.05, 3.63) is 22.6 Å². The van der Waals surface area contributed by atoms with Crippen molar-refractivity contribution >= 4 is 21.8 Å². The smallest absolute Gasteiger partial charge is 0.225 e. The fourth-order valence-corrected chi connectivity index (χ4v) is 2.77. The number of hydrogen-bond donors (Lipinski definition) is 1. The molecule has 1 aliphatic carbocycles. The van der Waals surface area contributed by atoms with E-state index in [9.17, 15) is 4.79 Å². The molecule has 1 fully saturated rings. The van der Waals surface area contributed by atoms with Crippen LogP contribution in [0.4, 0.5) is 0 Å². The topological polar surface area (TPSA) is 59.5 Å².